The normalized spacial score (nSPS) is 29.7. The molecule has 6 heterocycles. The molecule has 594 valence electrons. The number of aliphatic hydroxyl groups excluding tert-OH is 8. The molecule has 72 heteroatoms. The summed E-state index contributed by atoms with van der Waals surface area (Å²) in [6.07, 6.45) is -28.9. The quantitative estimate of drug-likeness (QED) is 0.0185. The molecule has 1 amide bonds. The molecule has 55 nitrogen and oxygen atoms in total. The number of rotatable bonds is 24. The number of carboxylic acids is 2. The minimum Gasteiger partial charge on any atom is -0.735 e. The summed E-state index contributed by atoms with van der Waals surface area (Å²) in [4.78, 5) is 41.2. The number of carbonyl (C=O) groups is 4. The fourth-order valence-corrected chi connectivity index (χ4v) is 11.5. The van der Waals surface area contributed by atoms with Crippen molar-refractivity contribution in [2.75, 3.05) is 46.2 Å². The molecule has 0 aromatic carbocycles. The van der Waals surface area contributed by atoms with Gasteiger partial charge in [-0.1, -0.05) is 0 Å². The second kappa shape index (κ2) is 65.4. The third kappa shape index (κ3) is 59.6. The Labute approximate surface area is 847 Å². The van der Waals surface area contributed by atoms with Gasteiger partial charge in [0.25, 0.3) is 0 Å². The van der Waals surface area contributed by atoms with Gasteiger partial charge in [-0.3, -0.25) is 25.7 Å². The summed E-state index contributed by atoms with van der Waals surface area (Å²) < 4.78 is 285. The predicted octanol–water partition coefficient (Wildman–Crippen LogP) is -51.2. The number of carbonyl (C=O) groups excluding carboxylic acids is 4. The molecular weight excluding hydrogens is 1780 g/mol. The van der Waals surface area contributed by atoms with Gasteiger partial charge < -0.3 is 162 Å². The summed E-state index contributed by atoms with van der Waals surface area (Å²) in [7, 11) is -35.5. The summed E-state index contributed by atoms with van der Waals surface area (Å²) in [5.41, 5.74) is 0. The fourth-order valence-electron chi connectivity index (χ4n) is 8.35. The van der Waals surface area contributed by atoms with Crippen molar-refractivity contribution in [1.29, 1.82) is 0 Å². The van der Waals surface area contributed by atoms with Crippen LogP contribution in [-0.4, -0.2) is 347 Å². The first-order chi connectivity index (χ1) is 44.1. The Kier molecular flexibility index (Phi) is 84.2. The van der Waals surface area contributed by atoms with Crippen molar-refractivity contribution in [3.8, 4) is 0 Å². The topological polar surface area (TPSA) is 950 Å². The number of aliphatic hydroxyl groups is 8. The summed E-state index contributed by atoms with van der Waals surface area (Å²) in [6.45, 7) is -3.86. The van der Waals surface area contributed by atoms with E-state index in [1.54, 1.807) is 0 Å². The molecule has 21 unspecified atom stereocenters. The fraction of sp³-hybridized carbons (Fsp3) is 0.842. The first-order valence-corrected chi connectivity index (χ1v) is 35.2. The van der Waals surface area contributed by atoms with Gasteiger partial charge in [-0.05, 0) is 6.08 Å². The number of carboxylic acid groups (broad SMARTS) is 3. The minimum atomic E-state index is -5.24. The van der Waals surface area contributed by atoms with E-state index in [2.05, 4.69) is 31.0 Å². The number of hydrogen-bond acceptors (Lipinski definition) is 49. The van der Waals surface area contributed by atoms with Gasteiger partial charge in [-0.15, -0.1) is 0 Å². The van der Waals surface area contributed by atoms with Crippen LogP contribution in [0.3, 0.4) is 0 Å². The van der Waals surface area contributed by atoms with Crippen LogP contribution < -0.4 is 326 Å². The zero-order valence-electron chi connectivity index (χ0n) is 59.5. The zero-order valence-corrected chi connectivity index (χ0v) is 85.2. The average Bonchev–Trinajstić information content (AvgIpc) is 0.824. The van der Waals surface area contributed by atoms with Crippen LogP contribution in [0, 0.1) is 0 Å². The summed E-state index contributed by atoms with van der Waals surface area (Å²) in [6, 6.07) is -4.62. The smallest absolute Gasteiger partial charge is 0.735 e. The van der Waals surface area contributed by atoms with Crippen LogP contribution >= 0.6 is 0 Å². The Bertz CT molecular complexity index is 3460. The van der Waals surface area contributed by atoms with Gasteiger partial charge in [0, 0.05) is 32.7 Å². The largest absolute Gasteiger partial charge is 1.00 e. The summed E-state index contributed by atoms with van der Waals surface area (Å²) >= 11 is 0. The van der Waals surface area contributed by atoms with E-state index >= 15 is 0 Å². The first-order valence-electron chi connectivity index (χ1n) is 25.7. The molecule has 0 aromatic rings. The molecule has 21 atom stereocenters. The van der Waals surface area contributed by atoms with Crippen molar-refractivity contribution >= 4 is 96.9 Å². The molecule has 0 spiro atoms. The third-order valence-corrected chi connectivity index (χ3v) is 15.5. The zero-order chi connectivity index (χ0) is 74.7. The molecule has 17 N–H and O–H groups in total. The molecule has 6 rings (SSSR count). The van der Waals surface area contributed by atoms with Crippen molar-refractivity contribution in [3.05, 3.63) is 11.8 Å². The van der Waals surface area contributed by atoms with Gasteiger partial charge in [0.2, 0.25) is 57.9 Å². The van der Waals surface area contributed by atoms with E-state index in [1.807, 2.05) is 0 Å². The third-order valence-electron chi connectivity index (χ3n) is 12.2. The summed E-state index contributed by atoms with van der Waals surface area (Å²) in [5, 5.41) is 111. The molecule has 6 aliphatic rings. The van der Waals surface area contributed by atoms with Crippen LogP contribution in [0.4, 0.5) is 0 Å². The van der Waals surface area contributed by atoms with Crippen molar-refractivity contribution in [3.63, 3.8) is 0 Å². The van der Waals surface area contributed by atoms with Gasteiger partial charge in [-0.25, -0.2) is 68.4 Å². The number of ether oxygens (including phenoxy) is 8. The van der Waals surface area contributed by atoms with E-state index in [4.69, 9.17) is 43.1 Å². The van der Waals surface area contributed by atoms with E-state index < -0.39 is 284 Å². The molecule has 0 bridgehead atoms. The second-order valence-electron chi connectivity index (χ2n) is 19.5. The Balaban J connectivity index is -0.000000114. The minimum absolute atomic E-state index is 0. The van der Waals surface area contributed by atoms with E-state index in [9.17, 15) is 156 Å². The Hall–Kier alpha value is 5.79. The maximum atomic E-state index is 11.4. The van der Waals surface area contributed by atoms with Gasteiger partial charge in [0.15, 0.2) is 39.5 Å². The molecule has 6 aliphatic heterocycles. The SMILES string of the molecule is CC(=O)NC1C(O)CC(COS(=O)(=O)[O-])OC1OC1C(C(=O)[O-])OCC(O)C1O.O.O.O.O=C([O-])C1=CC(O)C(OS(=O)(=O)[O-])CO1.O=C[O-].O=S(=O)([O-])NC1C(O)CC(COS(=O)(=O)[O-])OC1O.O=S(=O)([O-])NC1C(O)CC(COS(=O)(=O)[O-])OC1OC1COCC(OS(=O)(=O)[O-])C1O.[Na+].[Na+].[Na+].[Na+].[Na+].[Na+].[Na+].[Na+].[Na+].[Na+]. The van der Waals surface area contributed by atoms with Crippen LogP contribution in [0.2, 0.25) is 0 Å². The Morgan fingerprint density at radius 2 is 0.864 bits per heavy atom. The predicted molar refractivity (Wildman–Crippen MR) is 282 cm³/mol. The Morgan fingerprint density at radius 3 is 1.22 bits per heavy atom. The maximum absolute atomic E-state index is 11.4. The van der Waals surface area contributed by atoms with Crippen molar-refractivity contribution in [2.24, 2.45) is 0 Å². The van der Waals surface area contributed by atoms with Crippen LogP contribution in [0.5, 0.6) is 0 Å². The van der Waals surface area contributed by atoms with Crippen LogP contribution in [0.25, 0.3) is 0 Å². The Morgan fingerprint density at radius 1 is 0.500 bits per heavy atom. The van der Waals surface area contributed by atoms with E-state index in [1.165, 1.54) is 9.44 Å². The van der Waals surface area contributed by atoms with E-state index in [-0.39, 0.29) is 325 Å². The van der Waals surface area contributed by atoms with Crippen molar-refractivity contribution in [1.82, 2.24) is 14.8 Å². The van der Waals surface area contributed by atoms with Gasteiger partial charge in [-0.2, -0.15) is 0 Å². The molecular formula is C38H63N3Na10O52S7. The summed E-state index contributed by atoms with van der Waals surface area (Å²) in [5.74, 6) is -4.66. The van der Waals surface area contributed by atoms with Crippen LogP contribution in [0.15, 0.2) is 11.8 Å². The first kappa shape index (κ1) is 142. The van der Waals surface area contributed by atoms with Crippen LogP contribution in [0.1, 0.15) is 26.2 Å². The van der Waals surface area contributed by atoms with Crippen molar-refractivity contribution in [2.45, 2.75) is 155 Å². The standard InChI is InChI=1S/C14H23NO13S.C11H21NO16S3.C6H13NO10S2.C6H8O8S.CH2O2.10Na.3H2O/c1-5(16)15-9-7(17)2-6(3-26-29(22,23)24)27-14(9)28-11-10(19)8(18)4-25-12(11)13(20)21;13-6-1-5(2-25-30(18,19)20)26-11(9(6)12-29(15,16)17)27-7-3-24-4-8(10(7)14)28-31(21,22)23;8-4-1-3(2-16-19(13,14)15)17-6(9)5(4)7-18(10,11)12;7-3-1-4(6(8)9)13-2-5(3)14-15(10,11)12;2-1-3;;;;;;;;;;;;;/h6-12,14,17-19H,2-4H2,1H3,(H,15,16)(H,20,21)(H,22,23,24);5-14H,1-4H2,(H,15,16,17)(H,18,19,20)(H,21,22,23);3-9H,1-2H2,(H,10,11,12)(H,13,14,15);1,3,5,7H,2H2,(H,8,9)(H,10,11,12);1H,(H,2,3);;;;;;;;;;;3*1H2/q;;;;;10*+1;;;/p-10. The van der Waals surface area contributed by atoms with Gasteiger partial charge in [0.05, 0.1) is 94.3 Å². The maximum Gasteiger partial charge on any atom is 1.00 e. The van der Waals surface area contributed by atoms with E-state index in [0.29, 0.717) is 6.08 Å². The molecule has 0 aliphatic carbocycles. The van der Waals surface area contributed by atoms with Gasteiger partial charge in [0.1, 0.15) is 79.3 Å². The molecule has 110 heavy (non-hydrogen) atoms. The number of hydrogen-bond donors (Lipinski definition) is 11. The second-order valence-corrected chi connectivity index (χ2v) is 27.0. The van der Waals surface area contributed by atoms with E-state index in [0.717, 1.165) is 6.92 Å². The molecule has 0 radical (unpaired) electrons. The average molecular weight is 1850 g/mol. The van der Waals surface area contributed by atoms with Crippen molar-refractivity contribution < 1.29 is 537 Å². The molecule has 5 fully saturated rings. The molecule has 5 saturated heterocycles. The molecule has 0 aromatic heterocycles. The molecule has 0 saturated carbocycles. The van der Waals surface area contributed by atoms with Crippen LogP contribution in [-0.2, 0) is 151 Å². The number of nitrogens with one attached hydrogen (secondary N) is 3. The number of amides is 1. The van der Waals surface area contributed by atoms with Gasteiger partial charge >= 0.3 is 296 Å². The monoisotopic (exact) mass is 1850 g/mol. The number of aliphatic carboxylic acids is 2.